The number of H-pyrrole nitrogens is 1. The van der Waals surface area contributed by atoms with Crippen molar-refractivity contribution in [2.45, 2.75) is 19.3 Å². The lowest BCUT2D eigenvalue weighted by atomic mass is 10.2. The van der Waals surface area contributed by atoms with E-state index in [0.29, 0.717) is 36.2 Å². The Kier molecular flexibility index (Phi) is 4.61. The van der Waals surface area contributed by atoms with E-state index >= 15 is 0 Å². The van der Waals surface area contributed by atoms with Crippen LogP contribution in [0.4, 0.5) is 4.39 Å². The first-order valence-corrected chi connectivity index (χ1v) is 7.50. The number of aromatic nitrogens is 3. The SMILES string of the molecule is O=C(CCc1nc2ccc(F)cc2[nH]1)NCCc1ccncc1. The van der Waals surface area contributed by atoms with Crippen LogP contribution in [-0.4, -0.2) is 27.4 Å². The van der Waals surface area contributed by atoms with E-state index in [1.54, 1.807) is 18.5 Å². The van der Waals surface area contributed by atoms with Crippen LogP contribution in [0.15, 0.2) is 42.7 Å². The Bertz CT molecular complexity index is 801. The van der Waals surface area contributed by atoms with Gasteiger partial charge in [0.15, 0.2) is 0 Å². The molecule has 2 aromatic heterocycles. The zero-order valence-corrected chi connectivity index (χ0v) is 12.6. The van der Waals surface area contributed by atoms with Crippen molar-refractivity contribution in [1.29, 1.82) is 0 Å². The molecule has 2 heterocycles. The van der Waals surface area contributed by atoms with Crippen molar-refractivity contribution in [1.82, 2.24) is 20.3 Å². The lowest BCUT2D eigenvalue weighted by molar-refractivity contribution is -0.121. The minimum absolute atomic E-state index is 0.0225. The van der Waals surface area contributed by atoms with Crippen LogP contribution in [-0.2, 0) is 17.6 Å². The predicted molar refractivity (Wildman–Crippen MR) is 85.3 cm³/mol. The number of nitrogens with one attached hydrogen (secondary N) is 2. The number of fused-ring (bicyclic) bond motifs is 1. The smallest absolute Gasteiger partial charge is 0.220 e. The Labute approximate surface area is 133 Å². The van der Waals surface area contributed by atoms with Crippen LogP contribution in [0.5, 0.6) is 0 Å². The normalized spacial score (nSPS) is 10.8. The topological polar surface area (TPSA) is 70.7 Å². The van der Waals surface area contributed by atoms with Crippen molar-refractivity contribution in [3.63, 3.8) is 0 Å². The minimum atomic E-state index is -0.304. The van der Waals surface area contributed by atoms with Crippen LogP contribution >= 0.6 is 0 Å². The number of amides is 1. The molecule has 0 aliphatic heterocycles. The summed E-state index contributed by atoms with van der Waals surface area (Å²) in [5.41, 5.74) is 2.50. The van der Waals surface area contributed by atoms with E-state index in [0.717, 1.165) is 12.0 Å². The zero-order valence-electron chi connectivity index (χ0n) is 12.6. The van der Waals surface area contributed by atoms with Gasteiger partial charge in [-0.05, 0) is 42.3 Å². The number of aryl methyl sites for hydroxylation is 1. The summed E-state index contributed by atoms with van der Waals surface area (Å²) >= 11 is 0. The van der Waals surface area contributed by atoms with Crippen LogP contribution in [0.1, 0.15) is 17.8 Å². The summed E-state index contributed by atoms with van der Waals surface area (Å²) in [5, 5.41) is 2.88. The fourth-order valence-corrected chi connectivity index (χ4v) is 2.37. The molecule has 6 heteroatoms. The molecule has 0 radical (unpaired) electrons. The molecule has 0 spiro atoms. The first-order chi connectivity index (χ1) is 11.2. The van der Waals surface area contributed by atoms with Crippen LogP contribution in [0.3, 0.4) is 0 Å². The Balaban J connectivity index is 1.46. The number of hydrogen-bond acceptors (Lipinski definition) is 3. The summed E-state index contributed by atoms with van der Waals surface area (Å²) in [4.78, 5) is 23.2. The van der Waals surface area contributed by atoms with E-state index in [1.807, 2.05) is 12.1 Å². The van der Waals surface area contributed by atoms with E-state index in [2.05, 4.69) is 20.3 Å². The molecular weight excluding hydrogens is 295 g/mol. The number of benzene rings is 1. The third-order valence-electron chi connectivity index (χ3n) is 3.57. The number of halogens is 1. The third kappa shape index (κ3) is 4.12. The van der Waals surface area contributed by atoms with Gasteiger partial charge in [0.25, 0.3) is 0 Å². The molecule has 0 atom stereocenters. The van der Waals surface area contributed by atoms with Crippen molar-refractivity contribution < 1.29 is 9.18 Å². The molecule has 0 saturated carbocycles. The van der Waals surface area contributed by atoms with Crippen molar-refractivity contribution in [2.75, 3.05) is 6.54 Å². The summed E-state index contributed by atoms with van der Waals surface area (Å²) in [6.45, 7) is 0.591. The average Bonchev–Trinajstić information content (AvgIpc) is 2.96. The zero-order chi connectivity index (χ0) is 16.1. The van der Waals surface area contributed by atoms with Crippen molar-refractivity contribution >= 4 is 16.9 Å². The molecule has 3 rings (SSSR count). The van der Waals surface area contributed by atoms with E-state index in [4.69, 9.17) is 0 Å². The number of imidazole rings is 1. The van der Waals surface area contributed by atoms with Crippen LogP contribution in [0, 0.1) is 5.82 Å². The van der Waals surface area contributed by atoms with Crippen molar-refractivity contribution in [2.24, 2.45) is 0 Å². The molecule has 118 valence electrons. The van der Waals surface area contributed by atoms with Gasteiger partial charge in [-0.1, -0.05) is 0 Å². The maximum absolute atomic E-state index is 13.1. The lowest BCUT2D eigenvalue weighted by Gasteiger charge is -2.04. The molecule has 5 nitrogen and oxygen atoms in total. The van der Waals surface area contributed by atoms with E-state index < -0.39 is 0 Å². The number of aromatic amines is 1. The monoisotopic (exact) mass is 312 g/mol. The standard InChI is InChI=1S/C17H17FN4O/c18-13-1-2-14-15(11-13)22-16(21-14)3-4-17(23)20-10-7-12-5-8-19-9-6-12/h1-2,5-6,8-9,11H,3-4,7,10H2,(H,20,23)(H,21,22). The number of nitrogens with zero attached hydrogens (tertiary/aromatic N) is 2. The molecule has 23 heavy (non-hydrogen) atoms. The average molecular weight is 312 g/mol. The van der Waals surface area contributed by atoms with Gasteiger partial charge in [0.05, 0.1) is 11.0 Å². The molecule has 1 amide bonds. The van der Waals surface area contributed by atoms with Gasteiger partial charge in [0.1, 0.15) is 11.6 Å². The van der Waals surface area contributed by atoms with E-state index in [9.17, 15) is 9.18 Å². The fraction of sp³-hybridized carbons (Fsp3) is 0.235. The van der Waals surface area contributed by atoms with Gasteiger partial charge in [-0.15, -0.1) is 0 Å². The molecule has 2 N–H and O–H groups in total. The van der Waals surface area contributed by atoms with Crippen LogP contribution in [0.2, 0.25) is 0 Å². The molecule has 0 aliphatic carbocycles. The molecule has 0 bridgehead atoms. The number of carbonyl (C=O) groups excluding carboxylic acids is 1. The van der Waals surface area contributed by atoms with Gasteiger partial charge in [0.2, 0.25) is 5.91 Å². The number of carbonyl (C=O) groups is 1. The van der Waals surface area contributed by atoms with Gasteiger partial charge in [-0.2, -0.15) is 0 Å². The molecule has 0 unspecified atom stereocenters. The van der Waals surface area contributed by atoms with Crippen LogP contribution < -0.4 is 5.32 Å². The molecule has 3 aromatic rings. The Hall–Kier alpha value is -2.76. The predicted octanol–water partition coefficient (Wildman–Crippen LogP) is 2.39. The van der Waals surface area contributed by atoms with E-state index in [1.165, 1.54) is 12.1 Å². The van der Waals surface area contributed by atoms with Crippen molar-refractivity contribution in [3.8, 4) is 0 Å². The number of pyridine rings is 1. The second-order valence-electron chi connectivity index (χ2n) is 5.30. The quantitative estimate of drug-likeness (QED) is 0.734. The highest BCUT2D eigenvalue weighted by Crippen LogP contribution is 2.13. The van der Waals surface area contributed by atoms with Crippen molar-refractivity contribution in [3.05, 3.63) is 59.9 Å². The molecular formula is C17H17FN4O. The Morgan fingerprint density at radius 2 is 2.00 bits per heavy atom. The third-order valence-corrected chi connectivity index (χ3v) is 3.57. The summed E-state index contributed by atoms with van der Waals surface area (Å²) in [6, 6.07) is 8.26. The molecule has 0 fully saturated rings. The molecule has 0 aliphatic rings. The van der Waals surface area contributed by atoms with Crippen LogP contribution in [0.25, 0.3) is 11.0 Å². The van der Waals surface area contributed by atoms with Gasteiger partial charge in [-0.3, -0.25) is 9.78 Å². The summed E-state index contributed by atoms with van der Waals surface area (Å²) < 4.78 is 13.1. The molecule has 1 aromatic carbocycles. The highest BCUT2D eigenvalue weighted by Gasteiger charge is 2.07. The second-order valence-corrected chi connectivity index (χ2v) is 5.30. The largest absolute Gasteiger partial charge is 0.356 e. The first-order valence-electron chi connectivity index (χ1n) is 7.50. The fourth-order valence-electron chi connectivity index (χ4n) is 2.37. The van der Waals surface area contributed by atoms with E-state index in [-0.39, 0.29) is 11.7 Å². The Morgan fingerprint density at radius 1 is 1.17 bits per heavy atom. The lowest BCUT2D eigenvalue weighted by Crippen LogP contribution is -2.26. The number of hydrogen-bond donors (Lipinski definition) is 2. The van der Waals surface area contributed by atoms with Gasteiger partial charge < -0.3 is 10.3 Å². The first kappa shape index (κ1) is 15.1. The number of rotatable bonds is 6. The highest BCUT2D eigenvalue weighted by atomic mass is 19.1. The second kappa shape index (κ2) is 7.00. The highest BCUT2D eigenvalue weighted by molar-refractivity contribution is 5.77. The summed E-state index contributed by atoms with van der Waals surface area (Å²) in [6.07, 6.45) is 5.09. The van der Waals surface area contributed by atoms with Gasteiger partial charge in [-0.25, -0.2) is 9.37 Å². The maximum atomic E-state index is 13.1. The summed E-state index contributed by atoms with van der Waals surface area (Å²) in [5.74, 6) is 0.363. The Morgan fingerprint density at radius 3 is 2.83 bits per heavy atom. The summed E-state index contributed by atoms with van der Waals surface area (Å²) in [7, 11) is 0. The molecule has 0 saturated heterocycles. The maximum Gasteiger partial charge on any atom is 0.220 e. The van der Waals surface area contributed by atoms with Gasteiger partial charge in [0, 0.05) is 31.8 Å². The minimum Gasteiger partial charge on any atom is -0.356 e. The van der Waals surface area contributed by atoms with Gasteiger partial charge >= 0.3 is 0 Å².